The van der Waals surface area contributed by atoms with E-state index in [0.717, 1.165) is 31.8 Å². The zero-order chi connectivity index (χ0) is 70.8. The molecule has 4 aliphatic rings. The number of hydrogen-bond donors (Lipinski definition) is 0. The van der Waals surface area contributed by atoms with Crippen LogP contribution in [-0.2, 0) is 74.3 Å². The molecule has 1 spiro atoms. The van der Waals surface area contributed by atoms with Gasteiger partial charge in [-0.25, -0.2) is 4.99 Å². The van der Waals surface area contributed by atoms with Crippen LogP contribution in [0.2, 0.25) is 0 Å². The third-order valence-electron chi connectivity index (χ3n) is 16.6. The zero-order valence-electron chi connectivity index (χ0n) is 50.7. The summed E-state index contributed by atoms with van der Waals surface area (Å²) in [6.07, 6.45) is -30.1. The molecule has 525 valence electrons. The van der Waals surface area contributed by atoms with Crippen LogP contribution in [0.25, 0.3) is 0 Å². The van der Waals surface area contributed by atoms with Gasteiger partial charge in [-0.3, -0.25) is 0 Å². The van der Waals surface area contributed by atoms with Crippen LogP contribution >= 0.6 is 7.92 Å². The number of ether oxygens (including phenoxy) is 1. The summed E-state index contributed by atoms with van der Waals surface area (Å²) in [7, 11) is -0.568. The van der Waals surface area contributed by atoms with Crippen molar-refractivity contribution in [3.63, 3.8) is 0 Å². The van der Waals surface area contributed by atoms with Gasteiger partial charge < -0.3 is 4.74 Å². The van der Waals surface area contributed by atoms with Crippen molar-refractivity contribution < 1.29 is 130 Å². The van der Waals surface area contributed by atoms with Crippen LogP contribution in [0.1, 0.15) is 116 Å². The maximum atomic E-state index is 14.2. The molecule has 6 aromatic rings. The van der Waals surface area contributed by atoms with Crippen LogP contribution in [-0.4, -0.2) is 24.7 Å². The number of nitrogens with zero attached hydrogens (tertiary/aromatic N) is 1. The van der Waals surface area contributed by atoms with Gasteiger partial charge in [-0.1, -0.05) is 135 Å². The molecule has 10 rings (SSSR count). The van der Waals surface area contributed by atoms with Gasteiger partial charge in [0, 0.05) is 31.1 Å². The molecular weight excluding hydrogens is 1540 g/mol. The van der Waals surface area contributed by atoms with Gasteiger partial charge in [0.15, 0.2) is 0 Å². The smallest absolute Gasteiger partial charge is 0.416 e. The maximum absolute atomic E-state index is 14.2. The molecule has 5 radical (unpaired) electrons. The summed E-state index contributed by atoms with van der Waals surface area (Å²) in [6.45, 7) is 5.29. The Kier molecular flexibility index (Phi) is 24.1. The van der Waals surface area contributed by atoms with Crippen LogP contribution in [0.15, 0.2) is 161 Å². The fourth-order valence-corrected chi connectivity index (χ4v) is 15.3. The molecule has 0 N–H and O–H groups in total. The summed E-state index contributed by atoms with van der Waals surface area (Å²) in [5.41, 5.74) is -28.7. The predicted octanol–water partition coefficient (Wildman–Crippen LogP) is 19.9. The molecular formula is C68H56BF24IrNOP-. The van der Waals surface area contributed by atoms with Crippen LogP contribution in [0, 0.1) is 37.0 Å². The van der Waals surface area contributed by atoms with E-state index in [4.69, 9.17) is 9.73 Å². The molecule has 0 unspecified atom stereocenters. The molecule has 97 heavy (non-hydrogen) atoms. The third-order valence-corrected chi connectivity index (χ3v) is 19.3. The summed E-state index contributed by atoms with van der Waals surface area (Å²) in [5, 5.41) is 4.49. The standard InChI is InChI=1S/C32H12BF24.C28H32NOP.C8H12.Ir/c34-25(35,36)13-1-14(26(37,38)39)6-21(5-13)33(22-7-15(27(40,41)42)2-16(8-22)28(43,44)45,23-9-17(29(46,47)48)3-18(10-23)30(49,50)51)24-11-19(31(52,53)54)4-20(12-24)32(55,56)57;1-21(2)19-22-20-30-27(29-22)25-15-9-17-28(25)18-10-16-26(28)31(23-11-5-3-6-12-23)24-13-7-4-8-14-24;1-2-4-6-8-7-5-3-1;/h1-12H;3-8,11-16,21-22H,9-10,17-20H2,1-2H3;1-2,7-8H,3-6H2;/q-1;;;/t;22-,28-;;/m.0../s1. The van der Waals surface area contributed by atoms with Crippen molar-refractivity contribution in [1.29, 1.82) is 0 Å². The molecule has 0 bridgehead atoms. The molecule has 0 amide bonds. The van der Waals surface area contributed by atoms with Crippen molar-refractivity contribution in [2.75, 3.05) is 6.61 Å². The van der Waals surface area contributed by atoms with Crippen molar-refractivity contribution >= 4 is 52.4 Å². The first-order chi connectivity index (χ1) is 44.4. The number of allylic oxidation sites excluding steroid dienone is 3. The first kappa shape index (κ1) is 78.1. The van der Waals surface area contributed by atoms with Crippen molar-refractivity contribution in [2.45, 2.75) is 127 Å². The van der Waals surface area contributed by atoms with E-state index in [2.05, 4.69) is 112 Å². The Labute approximate surface area is 557 Å². The van der Waals surface area contributed by atoms with Crippen molar-refractivity contribution in [3.05, 3.63) is 227 Å². The molecule has 1 saturated carbocycles. The van der Waals surface area contributed by atoms with E-state index < -0.39 is 203 Å². The van der Waals surface area contributed by atoms with Crippen molar-refractivity contribution in [1.82, 2.24) is 0 Å². The Bertz CT molecular complexity index is 3260. The minimum absolute atomic E-state index is 0. The van der Waals surface area contributed by atoms with E-state index in [-0.39, 0.29) is 25.5 Å². The molecule has 1 heterocycles. The SMILES string of the molecule is CC(C)C[C@H]1COC(C2=CCC[C@]23CCC=C3P(c2ccccc2)c2ccccc2)=N1.FC(F)(F)c1cc([B-](c2cc(C(F)(F)F)cc(C(F)(F)F)c2)(c2cc(C(F)(F)F)cc(C(F)(F)F)c2)c2cc(C(F)(F)F)cc(C(F)(F)F)c2)cc(C(F)(F)F)c1.[CH]1[CH]CC[CH][CH]CC1.[Ir]. The Hall–Kier alpha value is -6.27. The number of hydrogen-bond acceptors (Lipinski definition) is 2. The van der Waals surface area contributed by atoms with Gasteiger partial charge in [-0.05, 0) is 137 Å². The van der Waals surface area contributed by atoms with Gasteiger partial charge in [0.1, 0.15) is 12.8 Å². The zero-order valence-corrected chi connectivity index (χ0v) is 54.0. The normalized spacial score (nSPS) is 18.4. The first-order valence-electron chi connectivity index (χ1n) is 29.6. The molecule has 1 fully saturated rings. The summed E-state index contributed by atoms with van der Waals surface area (Å²) in [4.78, 5) is 5.07. The Morgan fingerprint density at radius 1 is 0.412 bits per heavy atom. The van der Waals surface area contributed by atoms with E-state index in [1.54, 1.807) is 5.31 Å². The minimum Gasteiger partial charge on any atom is -0.475 e. The van der Waals surface area contributed by atoms with Crippen molar-refractivity contribution in [2.24, 2.45) is 16.3 Å². The molecule has 2 nitrogen and oxygen atoms in total. The average Bonchev–Trinajstić information content (AvgIpc) is 1.36. The van der Waals surface area contributed by atoms with Crippen LogP contribution in [0.5, 0.6) is 0 Å². The van der Waals surface area contributed by atoms with Crippen molar-refractivity contribution in [3.8, 4) is 0 Å². The topological polar surface area (TPSA) is 21.6 Å². The van der Waals surface area contributed by atoms with Gasteiger partial charge in [-0.2, -0.15) is 127 Å². The van der Waals surface area contributed by atoms with E-state index in [1.165, 1.54) is 54.7 Å². The number of halogens is 24. The molecule has 0 aromatic heterocycles. The predicted molar refractivity (Wildman–Crippen MR) is 319 cm³/mol. The van der Waals surface area contributed by atoms with Crippen LogP contribution in [0.4, 0.5) is 105 Å². The fraction of sp³-hybridized carbons (Fsp3) is 0.338. The molecule has 1 aliphatic heterocycles. The number of aliphatic imine (C=N–C) groups is 1. The largest absolute Gasteiger partial charge is 0.475 e. The van der Waals surface area contributed by atoms with Gasteiger partial charge in [0.25, 0.3) is 0 Å². The molecule has 0 saturated heterocycles. The second-order valence-electron chi connectivity index (χ2n) is 23.7. The summed E-state index contributed by atoms with van der Waals surface area (Å²) >= 11 is 0. The minimum atomic E-state index is -6.13. The van der Waals surface area contributed by atoms with E-state index in [0.29, 0.717) is 12.0 Å². The second kappa shape index (κ2) is 29.9. The van der Waals surface area contributed by atoms with E-state index >= 15 is 0 Å². The molecule has 2 atom stereocenters. The molecule has 29 heteroatoms. The van der Waals surface area contributed by atoms with Crippen LogP contribution < -0.4 is 32.5 Å². The Morgan fingerprint density at radius 2 is 0.691 bits per heavy atom. The number of rotatable bonds is 10. The number of benzene rings is 6. The average molecular weight is 1590 g/mol. The second-order valence-corrected chi connectivity index (χ2v) is 25.9. The number of alkyl halides is 24. The van der Waals surface area contributed by atoms with Gasteiger partial charge in [-0.15, -0.1) is 0 Å². The third kappa shape index (κ3) is 18.6. The molecule has 6 aromatic carbocycles. The van der Waals surface area contributed by atoms with Gasteiger partial charge in [0.05, 0.1) is 50.5 Å². The van der Waals surface area contributed by atoms with E-state index in [1.807, 2.05) is 0 Å². The Morgan fingerprint density at radius 3 is 0.959 bits per heavy atom. The summed E-state index contributed by atoms with van der Waals surface area (Å²) in [5.74, 6) is 1.58. The van der Waals surface area contributed by atoms with E-state index in [9.17, 15) is 105 Å². The van der Waals surface area contributed by atoms with Gasteiger partial charge >= 0.3 is 49.4 Å². The van der Waals surface area contributed by atoms with Gasteiger partial charge in [0.2, 0.25) is 5.90 Å². The Balaban J connectivity index is 0.000000273. The summed E-state index contributed by atoms with van der Waals surface area (Å²) < 4.78 is 347. The fourth-order valence-electron chi connectivity index (χ4n) is 12.4. The quantitative estimate of drug-likeness (QED) is 0.0761. The monoisotopic (exact) mass is 1590 g/mol. The van der Waals surface area contributed by atoms with Crippen LogP contribution in [0.3, 0.4) is 0 Å². The first-order valence-corrected chi connectivity index (χ1v) is 31.0. The molecule has 3 aliphatic carbocycles. The summed E-state index contributed by atoms with van der Waals surface area (Å²) in [6, 6.07) is 13.7. The maximum Gasteiger partial charge on any atom is 0.416 e.